The number of hydrogen-bond acceptors (Lipinski definition) is 9. The molecule has 0 saturated heterocycles. The molecule has 0 saturated carbocycles. The molecule has 0 fully saturated rings. The highest BCUT2D eigenvalue weighted by Crippen LogP contribution is 2.26. The van der Waals surface area contributed by atoms with Gasteiger partial charge in [0, 0.05) is 23.9 Å². The lowest BCUT2D eigenvalue weighted by Crippen LogP contribution is -2.46. The number of nitrogens with one attached hydrogen (secondary N) is 1. The van der Waals surface area contributed by atoms with Gasteiger partial charge in [-0.3, -0.25) is 14.5 Å². The van der Waals surface area contributed by atoms with Crippen LogP contribution in [0.25, 0.3) is 11.0 Å². The molecule has 7 N–H and O–H groups in total. The number of fused-ring (bicyclic) bond motifs is 1. The number of H-pyrrole nitrogens is 1. The summed E-state index contributed by atoms with van der Waals surface area (Å²) in [7, 11) is 1.21. The van der Waals surface area contributed by atoms with Crippen molar-refractivity contribution >= 4 is 46.3 Å². The van der Waals surface area contributed by atoms with E-state index < -0.39 is 23.8 Å². The van der Waals surface area contributed by atoms with Gasteiger partial charge in [-0.25, -0.2) is 4.79 Å². The van der Waals surface area contributed by atoms with Crippen molar-refractivity contribution in [2.45, 2.75) is 31.7 Å². The third kappa shape index (κ3) is 5.99. The van der Waals surface area contributed by atoms with Crippen molar-refractivity contribution in [3.63, 3.8) is 0 Å². The molecule has 4 aromatic rings. The van der Waals surface area contributed by atoms with E-state index in [2.05, 4.69) is 15.0 Å². The maximum Gasteiger partial charge on any atom is 0.328 e. The van der Waals surface area contributed by atoms with E-state index >= 15 is 0 Å². The van der Waals surface area contributed by atoms with Crippen LogP contribution in [0.3, 0.4) is 0 Å². The van der Waals surface area contributed by atoms with Crippen LogP contribution in [0.2, 0.25) is 0 Å². The van der Waals surface area contributed by atoms with Gasteiger partial charge in [0.25, 0.3) is 5.91 Å². The molecule has 2 amide bonds. The maximum atomic E-state index is 13.8. The summed E-state index contributed by atoms with van der Waals surface area (Å²) < 4.78 is 4.95. The fourth-order valence-corrected chi connectivity index (χ4v) is 4.48. The molecule has 0 aliphatic rings. The first-order chi connectivity index (χ1) is 19.2. The van der Waals surface area contributed by atoms with Gasteiger partial charge in [0.05, 0.1) is 24.1 Å². The van der Waals surface area contributed by atoms with Crippen LogP contribution in [-0.4, -0.2) is 45.9 Å². The van der Waals surface area contributed by atoms with Gasteiger partial charge in [-0.1, -0.05) is 12.1 Å². The highest BCUT2D eigenvalue weighted by atomic mass is 16.5. The zero-order valence-corrected chi connectivity index (χ0v) is 21.8. The fourth-order valence-electron chi connectivity index (χ4n) is 4.48. The van der Waals surface area contributed by atoms with E-state index in [4.69, 9.17) is 27.2 Å². The summed E-state index contributed by atoms with van der Waals surface area (Å²) in [5.74, 6) is -1.39. The molecule has 12 nitrogen and oxygen atoms in total. The molecule has 0 aliphatic carbocycles. The second-order valence-corrected chi connectivity index (χ2v) is 9.08. The van der Waals surface area contributed by atoms with Gasteiger partial charge in [-0.2, -0.15) is 15.2 Å². The lowest BCUT2D eigenvalue weighted by atomic mass is 10.0. The number of carbonyl (C=O) groups excluding carboxylic acids is 3. The third-order valence-electron chi connectivity index (χ3n) is 6.48. The van der Waals surface area contributed by atoms with Crippen LogP contribution in [0.4, 0.5) is 17.5 Å². The lowest BCUT2D eigenvalue weighted by Gasteiger charge is -2.30. The van der Waals surface area contributed by atoms with E-state index in [-0.39, 0.29) is 18.8 Å². The number of aromatic nitrogens is 3. The zero-order chi connectivity index (χ0) is 28.8. The van der Waals surface area contributed by atoms with Crippen LogP contribution in [0.5, 0.6) is 0 Å². The predicted octanol–water partition coefficient (Wildman–Crippen LogP) is 2.23. The molecule has 1 atom stereocenters. The number of primary amides is 1. The zero-order valence-electron chi connectivity index (χ0n) is 21.8. The second-order valence-electron chi connectivity index (χ2n) is 9.08. The Kier molecular flexibility index (Phi) is 8.24. The molecule has 4 rings (SSSR count). The van der Waals surface area contributed by atoms with Crippen molar-refractivity contribution in [2.75, 3.05) is 23.5 Å². The number of aromatic amines is 1. The number of aryl methyl sites for hydroxylation is 2. The van der Waals surface area contributed by atoms with Crippen molar-refractivity contribution < 1.29 is 19.1 Å². The lowest BCUT2D eigenvalue weighted by molar-refractivity contribution is -0.142. The number of benzene rings is 2. The molecular weight excluding hydrogens is 512 g/mol. The molecule has 12 heteroatoms. The van der Waals surface area contributed by atoms with Crippen molar-refractivity contribution in [3.8, 4) is 6.07 Å². The largest absolute Gasteiger partial charge is 0.467 e. The van der Waals surface area contributed by atoms with Gasteiger partial charge in [0.2, 0.25) is 11.9 Å². The molecule has 2 heterocycles. The molecule has 204 valence electrons. The average Bonchev–Trinajstić information content (AvgIpc) is 3.36. The van der Waals surface area contributed by atoms with E-state index in [0.29, 0.717) is 41.1 Å². The number of esters is 1. The quantitative estimate of drug-likeness (QED) is 0.217. The minimum absolute atomic E-state index is 0.0328. The van der Waals surface area contributed by atoms with E-state index in [9.17, 15) is 14.4 Å². The van der Waals surface area contributed by atoms with Gasteiger partial charge in [-0.15, -0.1) is 0 Å². The van der Waals surface area contributed by atoms with Crippen LogP contribution in [-0.2, 0) is 27.2 Å². The number of nitrogens with two attached hydrogens (primary N) is 3. The van der Waals surface area contributed by atoms with Crippen LogP contribution in [0, 0.1) is 11.3 Å². The van der Waals surface area contributed by atoms with E-state index in [1.807, 2.05) is 24.4 Å². The Hall–Kier alpha value is -5.44. The Labute approximate surface area is 229 Å². The molecule has 0 aliphatic heterocycles. The number of hydrogen-bond donors (Lipinski definition) is 4. The molecule has 0 radical (unpaired) electrons. The number of nitriles is 1. The van der Waals surface area contributed by atoms with Gasteiger partial charge in [0.15, 0.2) is 0 Å². The van der Waals surface area contributed by atoms with Gasteiger partial charge in [-0.05, 0) is 66.8 Å². The number of ether oxygens (including phenoxy) is 1. The van der Waals surface area contributed by atoms with Gasteiger partial charge < -0.3 is 26.9 Å². The molecule has 0 bridgehead atoms. The first-order valence-electron chi connectivity index (χ1n) is 12.4. The van der Waals surface area contributed by atoms with Crippen LogP contribution >= 0.6 is 0 Å². The number of nitrogen functional groups attached to an aromatic ring is 2. The first kappa shape index (κ1) is 27.6. The Morgan fingerprint density at radius 1 is 1.05 bits per heavy atom. The van der Waals surface area contributed by atoms with Crippen molar-refractivity contribution in [1.29, 1.82) is 5.26 Å². The minimum atomic E-state index is -1.11. The number of anilines is 3. The number of methoxy groups -OCH3 is 1. The van der Waals surface area contributed by atoms with Crippen molar-refractivity contribution in [3.05, 3.63) is 77.0 Å². The van der Waals surface area contributed by atoms with Gasteiger partial charge >= 0.3 is 5.97 Å². The fraction of sp³-hybridized carbons (Fsp3) is 0.214. The van der Waals surface area contributed by atoms with Gasteiger partial charge in [0.1, 0.15) is 17.5 Å². The summed E-state index contributed by atoms with van der Waals surface area (Å²) in [6.07, 6.45) is 2.94. The Morgan fingerprint density at radius 3 is 2.38 bits per heavy atom. The van der Waals surface area contributed by atoms with Crippen molar-refractivity contribution in [2.24, 2.45) is 5.73 Å². The number of amides is 2. The molecule has 2 aromatic heterocycles. The maximum absolute atomic E-state index is 13.8. The Balaban J connectivity index is 1.59. The van der Waals surface area contributed by atoms with Crippen molar-refractivity contribution in [1.82, 2.24) is 15.0 Å². The standard InChI is InChI=1S/C28H28N8O4/c1-40-27(39)21(12-13-22(30)37)36(20-10-5-17(14-29)6-11-20)26(38)18-7-2-16(3-8-18)4-9-19-15-33-25-23(19)24(31)34-28(32)35-25/h2-3,5-8,10-11,15,21H,4,9,12-13H2,1H3,(H2,30,37)(H5,31,32,33,34,35)/t21-/m0/s1. The summed E-state index contributed by atoms with van der Waals surface area (Å²) in [4.78, 5) is 50.5. The summed E-state index contributed by atoms with van der Waals surface area (Å²) in [6.45, 7) is 0. The monoisotopic (exact) mass is 540 g/mol. The third-order valence-corrected chi connectivity index (χ3v) is 6.48. The number of rotatable bonds is 10. The predicted molar refractivity (Wildman–Crippen MR) is 149 cm³/mol. The minimum Gasteiger partial charge on any atom is -0.467 e. The first-order valence-corrected chi connectivity index (χ1v) is 12.4. The molecular formula is C28H28N8O4. The summed E-state index contributed by atoms with van der Waals surface area (Å²) in [6, 6.07) is 14.1. The SMILES string of the molecule is COC(=O)[C@H](CCC(N)=O)N(C(=O)c1ccc(CCc2c[nH]c3nc(N)nc(N)c23)cc1)c1ccc(C#N)cc1. The van der Waals surface area contributed by atoms with E-state index in [1.54, 1.807) is 24.3 Å². The van der Waals surface area contributed by atoms with E-state index in [1.165, 1.54) is 24.1 Å². The number of carbonyl (C=O) groups is 3. The molecule has 0 spiro atoms. The smallest absolute Gasteiger partial charge is 0.328 e. The Morgan fingerprint density at radius 2 is 1.75 bits per heavy atom. The molecule has 0 unspecified atom stereocenters. The highest BCUT2D eigenvalue weighted by molar-refractivity contribution is 6.09. The molecule has 40 heavy (non-hydrogen) atoms. The number of nitrogens with zero attached hydrogens (tertiary/aromatic N) is 4. The topological polar surface area (TPSA) is 207 Å². The second kappa shape index (κ2) is 12.0. The summed E-state index contributed by atoms with van der Waals surface area (Å²) in [5, 5.41) is 9.89. The highest BCUT2D eigenvalue weighted by Gasteiger charge is 2.33. The van der Waals surface area contributed by atoms with Crippen LogP contribution in [0.1, 0.15) is 39.9 Å². The summed E-state index contributed by atoms with van der Waals surface area (Å²) in [5.41, 5.74) is 20.6. The van der Waals surface area contributed by atoms with E-state index in [0.717, 1.165) is 16.5 Å². The van der Waals surface area contributed by atoms with Crippen LogP contribution < -0.4 is 22.1 Å². The van der Waals surface area contributed by atoms with Crippen LogP contribution in [0.15, 0.2) is 54.7 Å². The normalized spacial score (nSPS) is 11.5. The average molecular weight is 541 g/mol. The molecule has 2 aromatic carbocycles. The Bertz CT molecular complexity index is 1590. The summed E-state index contributed by atoms with van der Waals surface area (Å²) >= 11 is 0.